The molecule has 0 saturated carbocycles. The van der Waals surface area contributed by atoms with Crippen molar-refractivity contribution in [2.45, 2.75) is 0 Å². The molecule has 0 aromatic heterocycles. The van der Waals surface area contributed by atoms with E-state index in [4.69, 9.17) is 17.0 Å². The number of nitro groups is 1. The van der Waals surface area contributed by atoms with E-state index in [0.717, 1.165) is 6.07 Å². The molecule has 0 fully saturated rings. The molecule has 1 aromatic carbocycles. The summed E-state index contributed by atoms with van der Waals surface area (Å²) < 4.78 is 4.85. The number of phenols is 1. The van der Waals surface area contributed by atoms with Gasteiger partial charge in [-0.05, 0) is 12.2 Å². The van der Waals surface area contributed by atoms with Crippen LogP contribution in [0.5, 0.6) is 11.5 Å². The van der Waals surface area contributed by atoms with Crippen molar-refractivity contribution < 1.29 is 14.8 Å². The highest BCUT2D eigenvalue weighted by atomic mass is 32.1. The summed E-state index contributed by atoms with van der Waals surface area (Å²) in [7, 11) is 2.91. The Bertz CT molecular complexity index is 533. The highest BCUT2D eigenvalue weighted by Crippen LogP contribution is 2.33. The van der Waals surface area contributed by atoms with Crippen molar-refractivity contribution in [2.24, 2.45) is 5.10 Å². The molecule has 0 aliphatic carbocycles. The van der Waals surface area contributed by atoms with E-state index in [1.165, 1.54) is 19.4 Å². The van der Waals surface area contributed by atoms with Crippen LogP contribution < -0.4 is 15.5 Å². The molecule has 0 saturated heterocycles. The quantitative estimate of drug-likeness (QED) is 0.324. The summed E-state index contributed by atoms with van der Waals surface area (Å²) in [6.07, 6.45) is 1.20. The van der Waals surface area contributed by atoms with Crippen LogP contribution in [0.2, 0.25) is 0 Å². The van der Waals surface area contributed by atoms with Crippen molar-refractivity contribution in [3.05, 3.63) is 27.8 Å². The zero-order chi connectivity index (χ0) is 14.4. The number of nitrogens with one attached hydrogen (secondary N) is 2. The SMILES string of the molecule is CNC(=S)N/N=C/c1cc([N+](=O)[O-])cc(OC)c1O. The zero-order valence-corrected chi connectivity index (χ0v) is 11.0. The number of non-ortho nitro benzene ring substituents is 1. The van der Waals surface area contributed by atoms with Crippen LogP contribution in [-0.2, 0) is 0 Å². The van der Waals surface area contributed by atoms with Crippen molar-refractivity contribution in [1.82, 2.24) is 10.7 Å². The van der Waals surface area contributed by atoms with Gasteiger partial charge in [0.05, 0.1) is 24.3 Å². The van der Waals surface area contributed by atoms with Crippen LogP contribution in [0.1, 0.15) is 5.56 Å². The minimum atomic E-state index is -0.592. The number of nitrogens with zero attached hydrogens (tertiary/aromatic N) is 2. The van der Waals surface area contributed by atoms with Gasteiger partial charge in [-0.3, -0.25) is 15.5 Å². The highest BCUT2D eigenvalue weighted by molar-refractivity contribution is 7.80. The molecule has 102 valence electrons. The summed E-state index contributed by atoms with van der Waals surface area (Å²) >= 11 is 4.79. The first-order valence-corrected chi connectivity index (χ1v) is 5.46. The summed E-state index contributed by atoms with van der Waals surface area (Å²) in [5.41, 5.74) is 2.38. The van der Waals surface area contributed by atoms with Gasteiger partial charge in [-0.1, -0.05) is 0 Å². The van der Waals surface area contributed by atoms with E-state index in [1.807, 2.05) is 0 Å². The first-order chi connectivity index (χ1) is 8.99. The van der Waals surface area contributed by atoms with Crippen LogP contribution in [0.25, 0.3) is 0 Å². The Morgan fingerprint density at radius 1 is 1.63 bits per heavy atom. The lowest BCUT2D eigenvalue weighted by atomic mass is 10.2. The van der Waals surface area contributed by atoms with Gasteiger partial charge in [0.15, 0.2) is 16.6 Å². The zero-order valence-electron chi connectivity index (χ0n) is 10.2. The summed E-state index contributed by atoms with van der Waals surface area (Å²) in [5, 5.41) is 27.2. The van der Waals surface area contributed by atoms with Crippen LogP contribution >= 0.6 is 12.2 Å². The summed E-state index contributed by atoms with van der Waals surface area (Å²) in [6.45, 7) is 0. The van der Waals surface area contributed by atoms with Crippen LogP contribution in [0.4, 0.5) is 5.69 Å². The molecule has 0 amide bonds. The smallest absolute Gasteiger partial charge is 0.274 e. The number of nitro benzene ring substituents is 1. The van der Waals surface area contributed by atoms with E-state index in [0.29, 0.717) is 0 Å². The molecule has 3 N–H and O–H groups in total. The number of hydrogen-bond acceptors (Lipinski definition) is 6. The van der Waals surface area contributed by atoms with Gasteiger partial charge in [-0.25, -0.2) is 0 Å². The Morgan fingerprint density at radius 3 is 2.84 bits per heavy atom. The average Bonchev–Trinajstić information content (AvgIpc) is 2.40. The Morgan fingerprint density at radius 2 is 2.32 bits per heavy atom. The monoisotopic (exact) mass is 284 g/mol. The maximum absolute atomic E-state index is 10.7. The van der Waals surface area contributed by atoms with E-state index >= 15 is 0 Å². The lowest BCUT2D eigenvalue weighted by Gasteiger charge is -2.06. The highest BCUT2D eigenvalue weighted by Gasteiger charge is 2.15. The number of rotatable bonds is 4. The molecule has 0 radical (unpaired) electrons. The third-order valence-electron chi connectivity index (χ3n) is 2.12. The van der Waals surface area contributed by atoms with Crippen molar-refractivity contribution in [3.8, 4) is 11.5 Å². The molecule has 19 heavy (non-hydrogen) atoms. The molecular weight excluding hydrogens is 272 g/mol. The number of thiocarbonyl (C=S) groups is 1. The normalized spacial score (nSPS) is 10.2. The predicted octanol–water partition coefficient (Wildman–Crippen LogP) is 0.737. The molecule has 0 aliphatic rings. The molecule has 1 rings (SSSR count). The van der Waals surface area contributed by atoms with Crippen molar-refractivity contribution in [1.29, 1.82) is 0 Å². The molecule has 0 atom stereocenters. The summed E-state index contributed by atoms with van der Waals surface area (Å²) in [6, 6.07) is 2.30. The van der Waals surface area contributed by atoms with Crippen LogP contribution in [0, 0.1) is 10.1 Å². The molecule has 1 aromatic rings. The van der Waals surface area contributed by atoms with E-state index < -0.39 is 4.92 Å². The van der Waals surface area contributed by atoms with Gasteiger partial charge >= 0.3 is 0 Å². The third-order valence-corrected chi connectivity index (χ3v) is 2.41. The first kappa shape index (κ1) is 14.6. The molecule has 9 heteroatoms. The number of hydrogen-bond donors (Lipinski definition) is 3. The van der Waals surface area contributed by atoms with Gasteiger partial charge in [0.2, 0.25) is 0 Å². The fraction of sp³-hybridized carbons (Fsp3) is 0.200. The van der Waals surface area contributed by atoms with Gasteiger partial charge < -0.3 is 15.2 Å². The summed E-state index contributed by atoms with van der Waals surface area (Å²) in [4.78, 5) is 10.1. The molecule has 0 spiro atoms. The number of hydrazone groups is 1. The number of aromatic hydroxyl groups is 1. The van der Waals surface area contributed by atoms with E-state index in [2.05, 4.69) is 15.8 Å². The van der Waals surface area contributed by atoms with Gasteiger partial charge in [0, 0.05) is 18.7 Å². The Hall–Kier alpha value is -2.42. The fourth-order valence-corrected chi connectivity index (χ4v) is 1.24. The number of ether oxygens (including phenoxy) is 1. The van der Waals surface area contributed by atoms with Crippen molar-refractivity contribution in [3.63, 3.8) is 0 Å². The van der Waals surface area contributed by atoms with Crippen LogP contribution in [0.3, 0.4) is 0 Å². The predicted molar refractivity (Wildman–Crippen MR) is 73.7 cm³/mol. The minimum absolute atomic E-state index is 0.00755. The van der Waals surface area contributed by atoms with Crippen LogP contribution in [0.15, 0.2) is 17.2 Å². The number of benzene rings is 1. The molecular formula is C10H12N4O4S. The molecule has 0 unspecified atom stereocenters. The maximum Gasteiger partial charge on any atom is 0.274 e. The number of methoxy groups -OCH3 is 1. The largest absolute Gasteiger partial charge is 0.504 e. The fourth-order valence-electron chi connectivity index (χ4n) is 1.19. The van der Waals surface area contributed by atoms with E-state index in [9.17, 15) is 15.2 Å². The lowest BCUT2D eigenvalue weighted by Crippen LogP contribution is -2.28. The Kier molecular flexibility index (Phi) is 5.01. The van der Waals surface area contributed by atoms with E-state index in [1.54, 1.807) is 7.05 Å². The van der Waals surface area contributed by atoms with Gasteiger partial charge in [0.25, 0.3) is 5.69 Å². The standard InChI is InChI=1S/C10H12N4O4S/c1-11-10(19)13-12-5-6-3-7(14(16)17)4-8(18-2)9(6)15/h3-5,15H,1-2H3,(H2,11,13,19)/b12-5+. The Balaban J connectivity index is 3.08. The van der Waals surface area contributed by atoms with Crippen molar-refractivity contribution >= 4 is 29.2 Å². The molecule has 0 heterocycles. The first-order valence-electron chi connectivity index (χ1n) is 5.05. The summed E-state index contributed by atoms with van der Waals surface area (Å²) in [5.74, 6) is -0.249. The third kappa shape index (κ3) is 3.78. The molecule has 0 aliphatic heterocycles. The second-order valence-corrected chi connectivity index (χ2v) is 3.70. The Labute approximate surface area is 114 Å². The second kappa shape index (κ2) is 6.50. The minimum Gasteiger partial charge on any atom is -0.504 e. The number of phenolic OH excluding ortho intramolecular Hbond substituents is 1. The van der Waals surface area contributed by atoms with Gasteiger partial charge in [-0.2, -0.15) is 5.10 Å². The van der Waals surface area contributed by atoms with Crippen LogP contribution in [-0.4, -0.2) is 35.5 Å². The topological polar surface area (TPSA) is 109 Å². The lowest BCUT2D eigenvalue weighted by molar-refractivity contribution is -0.385. The van der Waals surface area contributed by atoms with E-state index in [-0.39, 0.29) is 27.9 Å². The second-order valence-electron chi connectivity index (χ2n) is 3.29. The maximum atomic E-state index is 10.7. The molecule has 8 nitrogen and oxygen atoms in total. The molecule has 0 bridgehead atoms. The van der Waals surface area contributed by atoms with Crippen molar-refractivity contribution in [2.75, 3.05) is 14.2 Å². The van der Waals surface area contributed by atoms with Gasteiger partial charge in [0.1, 0.15) is 0 Å². The average molecular weight is 284 g/mol. The van der Waals surface area contributed by atoms with Gasteiger partial charge in [-0.15, -0.1) is 0 Å².